The minimum atomic E-state index is 0.581. The number of imidazole rings is 1. The lowest BCUT2D eigenvalue weighted by Crippen LogP contribution is -1.83. The highest BCUT2D eigenvalue weighted by Gasteiger charge is 2.06. The number of hydrogen-bond donors (Lipinski definition) is 2. The van der Waals surface area contributed by atoms with Gasteiger partial charge in [-0.2, -0.15) is 5.26 Å². The van der Waals surface area contributed by atoms with E-state index in [1.165, 1.54) is 11.8 Å². The van der Waals surface area contributed by atoms with Crippen LogP contribution in [0, 0.1) is 11.3 Å². The van der Waals surface area contributed by atoms with E-state index in [1.54, 1.807) is 18.3 Å². The van der Waals surface area contributed by atoms with Crippen molar-refractivity contribution in [2.45, 2.75) is 10.2 Å². The molecule has 0 unspecified atom stereocenters. The number of nitrogens with zero attached hydrogens (tertiary/aromatic N) is 3. The number of aromatic nitrogens is 3. The summed E-state index contributed by atoms with van der Waals surface area (Å²) in [6.45, 7) is 0. The summed E-state index contributed by atoms with van der Waals surface area (Å²) in [6.07, 6.45) is 1.61. The molecule has 0 bridgehead atoms. The zero-order valence-electron chi connectivity index (χ0n) is 9.79. The maximum atomic E-state index is 8.85. The van der Waals surface area contributed by atoms with Crippen LogP contribution in [0.4, 0.5) is 5.69 Å². The van der Waals surface area contributed by atoms with Gasteiger partial charge in [0, 0.05) is 11.9 Å². The molecule has 0 aliphatic carbocycles. The zero-order valence-corrected chi connectivity index (χ0v) is 10.6. The highest BCUT2D eigenvalue weighted by atomic mass is 32.2. The molecular formula is C13H9N5S. The molecule has 92 valence electrons. The van der Waals surface area contributed by atoms with Crippen LogP contribution in [0.5, 0.6) is 0 Å². The van der Waals surface area contributed by atoms with E-state index in [0.29, 0.717) is 11.3 Å². The van der Waals surface area contributed by atoms with Crippen LogP contribution in [0.15, 0.2) is 46.7 Å². The number of fused-ring (bicyclic) bond motifs is 1. The van der Waals surface area contributed by atoms with Gasteiger partial charge >= 0.3 is 0 Å². The molecular weight excluding hydrogens is 258 g/mol. The third-order valence-electron chi connectivity index (χ3n) is 2.55. The SMILES string of the molecule is N#Cc1ccnc(Sc2nc3ccc(N)cc3[nH]2)c1. The number of nitrogens with two attached hydrogens (primary N) is 1. The lowest BCUT2D eigenvalue weighted by Gasteiger charge is -1.96. The Morgan fingerprint density at radius 2 is 2.16 bits per heavy atom. The molecule has 3 N–H and O–H groups in total. The van der Waals surface area contributed by atoms with Gasteiger partial charge in [-0.1, -0.05) is 0 Å². The number of hydrogen-bond acceptors (Lipinski definition) is 5. The number of H-pyrrole nitrogens is 1. The molecule has 2 aromatic heterocycles. The van der Waals surface area contributed by atoms with Crippen molar-refractivity contribution in [3.8, 4) is 6.07 Å². The number of anilines is 1. The molecule has 0 aliphatic heterocycles. The first-order chi connectivity index (χ1) is 9.24. The Morgan fingerprint density at radius 1 is 1.26 bits per heavy atom. The molecule has 19 heavy (non-hydrogen) atoms. The molecule has 5 nitrogen and oxygen atoms in total. The Balaban J connectivity index is 1.94. The number of nitrogens with one attached hydrogen (secondary N) is 1. The first-order valence-electron chi connectivity index (χ1n) is 5.54. The number of nitriles is 1. The molecule has 6 heteroatoms. The molecule has 0 aliphatic rings. The first-order valence-corrected chi connectivity index (χ1v) is 6.35. The summed E-state index contributed by atoms with van der Waals surface area (Å²) in [4.78, 5) is 11.8. The van der Waals surface area contributed by atoms with Gasteiger partial charge in [-0.05, 0) is 42.1 Å². The van der Waals surface area contributed by atoms with Crippen molar-refractivity contribution in [3.63, 3.8) is 0 Å². The molecule has 0 fully saturated rings. The monoisotopic (exact) mass is 267 g/mol. The summed E-state index contributed by atoms with van der Waals surface area (Å²) in [6, 6.07) is 11.0. The van der Waals surface area contributed by atoms with E-state index >= 15 is 0 Å². The summed E-state index contributed by atoms with van der Waals surface area (Å²) in [5, 5.41) is 10.3. The van der Waals surface area contributed by atoms with Gasteiger partial charge in [0.2, 0.25) is 0 Å². The third kappa shape index (κ3) is 2.37. The van der Waals surface area contributed by atoms with Crippen LogP contribution in [-0.2, 0) is 0 Å². The largest absolute Gasteiger partial charge is 0.399 e. The summed E-state index contributed by atoms with van der Waals surface area (Å²) < 4.78 is 0. The van der Waals surface area contributed by atoms with Gasteiger partial charge in [0.15, 0.2) is 5.16 Å². The second-order valence-corrected chi connectivity index (χ2v) is 4.92. The molecule has 0 radical (unpaired) electrons. The van der Waals surface area contributed by atoms with Gasteiger partial charge in [-0.3, -0.25) is 0 Å². The van der Waals surface area contributed by atoms with Crippen molar-refractivity contribution in [2.75, 3.05) is 5.73 Å². The van der Waals surface area contributed by atoms with Crippen LogP contribution in [0.2, 0.25) is 0 Å². The summed E-state index contributed by atoms with van der Waals surface area (Å²) in [7, 11) is 0. The maximum Gasteiger partial charge on any atom is 0.172 e. The van der Waals surface area contributed by atoms with Crippen LogP contribution >= 0.6 is 11.8 Å². The predicted molar refractivity (Wildman–Crippen MR) is 73.6 cm³/mol. The van der Waals surface area contributed by atoms with E-state index in [-0.39, 0.29) is 0 Å². The van der Waals surface area contributed by atoms with E-state index in [9.17, 15) is 0 Å². The molecule has 3 rings (SSSR count). The van der Waals surface area contributed by atoms with Crippen molar-refractivity contribution in [1.82, 2.24) is 15.0 Å². The van der Waals surface area contributed by atoms with Crippen LogP contribution in [0.1, 0.15) is 5.56 Å². The molecule has 2 heterocycles. The quantitative estimate of drug-likeness (QED) is 0.696. The van der Waals surface area contributed by atoms with E-state index in [2.05, 4.69) is 21.0 Å². The minimum Gasteiger partial charge on any atom is -0.399 e. The smallest absolute Gasteiger partial charge is 0.172 e. The second-order valence-electron chi connectivity index (χ2n) is 3.92. The topological polar surface area (TPSA) is 91.4 Å². The van der Waals surface area contributed by atoms with Crippen LogP contribution in [-0.4, -0.2) is 15.0 Å². The van der Waals surface area contributed by atoms with Gasteiger partial charge in [0.25, 0.3) is 0 Å². The first kappa shape index (κ1) is 11.6. The number of benzene rings is 1. The summed E-state index contributed by atoms with van der Waals surface area (Å²) in [5.74, 6) is 0. The van der Waals surface area contributed by atoms with Crippen molar-refractivity contribution in [2.24, 2.45) is 0 Å². The number of aromatic amines is 1. The Bertz CT molecular complexity index is 787. The van der Waals surface area contributed by atoms with E-state index in [1.807, 2.05) is 18.2 Å². The lowest BCUT2D eigenvalue weighted by molar-refractivity contribution is 1.05. The van der Waals surface area contributed by atoms with E-state index in [0.717, 1.165) is 21.2 Å². The number of nitrogen functional groups attached to an aromatic ring is 1. The molecule has 1 aromatic carbocycles. The average molecular weight is 267 g/mol. The summed E-state index contributed by atoms with van der Waals surface area (Å²) in [5.41, 5.74) is 8.74. The van der Waals surface area contributed by atoms with E-state index < -0.39 is 0 Å². The van der Waals surface area contributed by atoms with Gasteiger partial charge in [0.1, 0.15) is 5.03 Å². The highest BCUT2D eigenvalue weighted by Crippen LogP contribution is 2.26. The third-order valence-corrected chi connectivity index (χ3v) is 3.37. The molecule has 0 atom stereocenters. The standard InChI is InChI=1S/C13H9N5S/c14-7-8-3-4-16-12(5-8)19-13-17-10-2-1-9(15)6-11(10)18-13/h1-6H,15H2,(H,17,18). The van der Waals surface area contributed by atoms with E-state index in [4.69, 9.17) is 11.0 Å². The predicted octanol–water partition coefficient (Wildman–Crippen LogP) is 2.56. The zero-order chi connectivity index (χ0) is 13.2. The second kappa shape index (κ2) is 4.63. The Labute approximate surface area is 113 Å². The highest BCUT2D eigenvalue weighted by molar-refractivity contribution is 7.99. The van der Waals surface area contributed by atoms with Gasteiger partial charge in [0.05, 0.1) is 22.7 Å². The van der Waals surface area contributed by atoms with Crippen LogP contribution < -0.4 is 5.73 Å². The minimum absolute atomic E-state index is 0.581. The normalized spacial score (nSPS) is 10.5. The fourth-order valence-corrected chi connectivity index (χ4v) is 2.49. The Hall–Kier alpha value is -2.52. The molecule has 0 saturated carbocycles. The van der Waals surface area contributed by atoms with Crippen molar-refractivity contribution >= 4 is 28.5 Å². The van der Waals surface area contributed by atoms with Crippen molar-refractivity contribution in [3.05, 3.63) is 42.1 Å². The Morgan fingerprint density at radius 3 is 3.00 bits per heavy atom. The number of rotatable bonds is 2. The van der Waals surface area contributed by atoms with Crippen molar-refractivity contribution < 1.29 is 0 Å². The van der Waals surface area contributed by atoms with Gasteiger partial charge in [-0.15, -0.1) is 0 Å². The molecule has 3 aromatic rings. The fourth-order valence-electron chi connectivity index (χ4n) is 1.69. The van der Waals surface area contributed by atoms with Crippen molar-refractivity contribution in [1.29, 1.82) is 5.26 Å². The number of pyridine rings is 1. The average Bonchev–Trinajstić information content (AvgIpc) is 2.80. The van der Waals surface area contributed by atoms with Crippen LogP contribution in [0.3, 0.4) is 0 Å². The Kier molecular flexibility index (Phi) is 2.82. The van der Waals surface area contributed by atoms with Gasteiger partial charge in [-0.25, -0.2) is 9.97 Å². The lowest BCUT2D eigenvalue weighted by atomic mass is 10.3. The fraction of sp³-hybridized carbons (Fsp3) is 0. The maximum absolute atomic E-state index is 8.85. The molecule has 0 saturated heterocycles. The van der Waals surface area contributed by atoms with Gasteiger partial charge < -0.3 is 10.7 Å². The molecule has 0 amide bonds. The summed E-state index contributed by atoms with van der Waals surface area (Å²) >= 11 is 1.38. The van der Waals surface area contributed by atoms with Crippen LogP contribution in [0.25, 0.3) is 11.0 Å². The molecule has 0 spiro atoms.